The molecule has 0 aromatic heterocycles. The highest BCUT2D eigenvalue weighted by Crippen LogP contribution is 2.45. The number of nitrogens with two attached hydrogens (primary N) is 1. The molecule has 1 aliphatic heterocycles. The van der Waals surface area contributed by atoms with Gasteiger partial charge in [0, 0.05) is 31.2 Å². The van der Waals surface area contributed by atoms with Gasteiger partial charge in [0.25, 0.3) is 0 Å². The summed E-state index contributed by atoms with van der Waals surface area (Å²) in [5, 5.41) is 0. The first-order valence-corrected chi connectivity index (χ1v) is 7.30. The molecule has 0 amide bonds. The van der Waals surface area contributed by atoms with Crippen LogP contribution in [0.15, 0.2) is 18.2 Å². The number of rotatable bonds is 2. The van der Waals surface area contributed by atoms with Crippen molar-refractivity contribution in [1.82, 2.24) is 0 Å². The second kappa shape index (κ2) is 4.58. The molecule has 18 heavy (non-hydrogen) atoms. The maximum atomic E-state index is 6.16. The predicted molar refractivity (Wildman–Crippen MR) is 77.2 cm³/mol. The van der Waals surface area contributed by atoms with E-state index in [1.165, 1.54) is 61.9 Å². The summed E-state index contributed by atoms with van der Waals surface area (Å²) in [5.74, 6) is 0. The maximum Gasteiger partial charge on any atom is 0.0434 e. The Hall–Kier alpha value is -1.02. The third-order valence-electron chi connectivity index (χ3n) is 4.96. The lowest BCUT2D eigenvalue weighted by molar-refractivity contribution is 0.451. The first kappa shape index (κ1) is 12.0. The van der Waals surface area contributed by atoms with Crippen molar-refractivity contribution in [1.29, 1.82) is 0 Å². The lowest BCUT2D eigenvalue weighted by atomic mass is 9.76. The minimum absolute atomic E-state index is 0.261. The second-order valence-corrected chi connectivity index (χ2v) is 6.03. The number of hydrogen-bond acceptors (Lipinski definition) is 2. The summed E-state index contributed by atoms with van der Waals surface area (Å²) in [6.45, 7) is 1.99. The minimum atomic E-state index is 0.261. The Morgan fingerprint density at radius 3 is 2.72 bits per heavy atom. The van der Waals surface area contributed by atoms with E-state index in [1.54, 1.807) is 0 Å². The summed E-state index contributed by atoms with van der Waals surface area (Å²) in [6.07, 6.45) is 7.73. The minimum Gasteiger partial charge on any atom is -0.374 e. The van der Waals surface area contributed by atoms with Gasteiger partial charge in [0.1, 0.15) is 0 Å². The molecule has 2 N–H and O–H groups in total. The molecule has 0 saturated heterocycles. The van der Waals surface area contributed by atoms with Gasteiger partial charge < -0.3 is 10.6 Å². The molecular weight excluding hydrogens is 220 g/mol. The van der Waals surface area contributed by atoms with Gasteiger partial charge in [-0.05, 0) is 36.8 Å². The van der Waals surface area contributed by atoms with Crippen molar-refractivity contribution >= 4 is 5.69 Å². The Morgan fingerprint density at radius 1 is 1.22 bits per heavy atom. The molecule has 2 nitrogen and oxygen atoms in total. The fourth-order valence-corrected chi connectivity index (χ4v) is 3.93. The summed E-state index contributed by atoms with van der Waals surface area (Å²) in [4.78, 5) is 2.45. The highest BCUT2D eigenvalue weighted by Gasteiger charge is 2.37. The highest BCUT2D eigenvalue weighted by molar-refractivity contribution is 5.63. The van der Waals surface area contributed by atoms with Gasteiger partial charge >= 0.3 is 0 Å². The SMILES string of the molecule is CN1CCCc2cccc(C3(CN)CCCC3)c21. The average molecular weight is 244 g/mol. The number of aryl methyl sites for hydroxylation is 1. The van der Waals surface area contributed by atoms with E-state index < -0.39 is 0 Å². The molecule has 1 heterocycles. The molecule has 2 heteroatoms. The van der Waals surface area contributed by atoms with Crippen molar-refractivity contribution in [2.45, 2.75) is 43.9 Å². The molecule has 1 fully saturated rings. The molecule has 2 aliphatic rings. The number of anilines is 1. The predicted octanol–water partition coefficient (Wildman–Crippen LogP) is 2.84. The Kier molecular flexibility index (Phi) is 3.06. The van der Waals surface area contributed by atoms with Gasteiger partial charge in [-0.2, -0.15) is 0 Å². The van der Waals surface area contributed by atoms with Crippen LogP contribution in [0.3, 0.4) is 0 Å². The standard InChI is InChI=1S/C16H24N2/c1-18-11-5-7-13-6-4-8-14(15(13)18)16(12-17)9-2-3-10-16/h4,6,8H,2-3,5,7,9-12,17H2,1H3. The van der Waals surface area contributed by atoms with Gasteiger partial charge in [0.15, 0.2) is 0 Å². The van der Waals surface area contributed by atoms with Gasteiger partial charge in [0.2, 0.25) is 0 Å². The molecule has 0 bridgehead atoms. The fraction of sp³-hybridized carbons (Fsp3) is 0.625. The van der Waals surface area contributed by atoms with E-state index in [1.807, 2.05) is 0 Å². The number of para-hydroxylation sites is 1. The van der Waals surface area contributed by atoms with Crippen LogP contribution in [0.2, 0.25) is 0 Å². The fourth-order valence-electron chi connectivity index (χ4n) is 3.93. The highest BCUT2D eigenvalue weighted by atomic mass is 15.1. The monoisotopic (exact) mass is 244 g/mol. The lowest BCUT2D eigenvalue weighted by Gasteiger charge is -2.37. The van der Waals surface area contributed by atoms with Crippen LogP contribution in [0.1, 0.15) is 43.2 Å². The van der Waals surface area contributed by atoms with Crippen LogP contribution in [-0.2, 0) is 11.8 Å². The molecule has 1 aromatic rings. The third-order valence-corrected chi connectivity index (χ3v) is 4.96. The van der Waals surface area contributed by atoms with E-state index in [0.29, 0.717) is 0 Å². The van der Waals surface area contributed by atoms with Crippen LogP contribution in [0.5, 0.6) is 0 Å². The van der Waals surface area contributed by atoms with Crippen LogP contribution >= 0.6 is 0 Å². The smallest absolute Gasteiger partial charge is 0.0434 e. The summed E-state index contributed by atoms with van der Waals surface area (Å²) in [5.41, 5.74) is 11.0. The quantitative estimate of drug-likeness (QED) is 0.867. The zero-order valence-electron chi connectivity index (χ0n) is 11.4. The zero-order valence-corrected chi connectivity index (χ0v) is 11.4. The van der Waals surface area contributed by atoms with Crippen molar-refractivity contribution < 1.29 is 0 Å². The maximum absolute atomic E-state index is 6.16. The summed E-state index contributed by atoms with van der Waals surface area (Å²) in [7, 11) is 2.24. The molecule has 0 unspecified atom stereocenters. The lowest BCUT2D eigenvalue weighted by Crippen LogP contribution is -2.36. The van der Waals surface area contributed by atoms with Crippen molar-refractivity contribution in [3.05, 3.63) is 29.3 Å². The van der Waals surface area contributed by atoms with Crippen molar-refractivity contribution in [2.24, 2.45) is 5.73 Å². The number of fused-ring (bicyclic) bond motifs is 1. The molecule has 0 spiro atoms. The summed E-state index contributed by atoms with van der Waals surface area (Å²) < 4.78 is 0. The van der Waals surface area contributed by atoms with E-state index in [-0.39, 0.29) is 5.41 Å². The van der Waals surface area contributed by atoms with Gasteiger partial charge in [0.05, 0.1) is 0 Å². The van der Waals surface area contributed by atoms with E-state index in [9.17, 15) is 0 Å². The molecule has 3 rings (SSSR count). The van der Waals surface area contributed by atoms with E-state index in [4.69, 9.17) is 5.73 Å². The van der Waals surface area contributed by atoms with Crippen molar-refractivity contribution in [2.75, 3.05) is 25.0 Å². The molecule has 1 aliphatic carbocycles. The average Bonchev–Trinajstić information content (AvgIpc) is 2.88. The molecule has 1 saturated carbocycles. The largest absolute Gasteiger partial charge is 0.374 e. The molecule has 98 valence electrons. The first-order chi connectivity index (χ1) is 8.77. The number of hydrogen-bond donors (Lipinski definition) is 1. The van der Waals surface area contributed by atoms with Crippen LogP contribution in [-0.4, -0.2) is 20.1 Å². The second-order valence-electron chi connectivity index (χ2n) is 6.03. The topological polar surface area (TPSA) is 29.3 Å². The van der Waals surface area contributed by atoms with Crippen LogP contribution < -0.4 is 10.6 Å². The van der Waals surface area contributed by atoms with Crippen LogP contribution in [0, 0.1) is 0 Å². The van der Waals surface area contributed by atoms with E-state index in [2.05, 4.69) is 30.1 Å². The first-order valence-electron chi connectivity index (χ1n) is 7.30. The molecular formula is C16H24N2. The molecule has 0 radical (unpaired) electrons. The Bertz CT molecular complexity index is 433. The number of nitrogens with zero attached hydrogens (tertiary/aromatic N) is 1. The number of benzene rings is 1. The van der Waals surface area contributed by atoms with Crippen molar-refractivity contribution in [3.63, 3.8) is 0 Å². The van der Waals surface area contributed by atoms with Gasteiger partial charge in [-0.15, -0.1) is 0 Å². The van der Waals surface area contributed by atoms with Crippen molar-refractivity contribution in [3.8, 4) is 0 Å². The Balaban J connectivity index is 2.11. The van der Waals surface area contributed by atoms with E-state index >= 15 is 0 Å². The van der Waals surface area contributed by atoms with Gasteiger partial charge in [-0.25, -0.2) is 0 Å². The molecule has 0 atom stereocenters. The van der Waals surface area contributed by atoms with Gasteiger partial charge in [-0.3, -0.25) is 0 Å². The Labute approximate surface area is 110 Å². The zero-order chi connectivity index (χ0) is 12.6. The molecule has 1 aromatic carbocycles. The van der Waals surface area contributed by atoms with Gasteiger partial charge in [-0.1, -0.05) is 31.0 Å². The Morgan fingerprint density at radius 2 is 2.00 bits per heavy atom. The van der Waals surface area contributed by atoms with E-state index in [0.717, 1.165) is 6.54 Å². The van der Waals surface area contributed by atoms with Crippen LogP contribution in [0.4, 0.5) is 5.69 Å². The summed E-state index contributed by atoms with van der Waals surface area (Å²) >= 11 is 0. The normalized spacial score (nSPS) is 22.0. The third kappa shape index (κ3) is 1.74. The summed E-state index contributed by atoms with van der Waals surface area (Å²) in [6, 6.07) is 6.87. The van der Waals surface area contributed by atoms with Crippen LogP contribution in [0.25, 0.3) is 0 Å².